The minimum atomic E-state index is -3.84. The first-order chi connectivity index (χ1) is 8.46. The molecule has 0 bridgehead atoms. The largest absolute Gasteiger partial charge is 0.371 e. The molecule has 1 N–H and O–H groups in total. The molecule has 0 saturated carbocycles. The van der Waals surface area contributed by atoms with Crippen LogP contribution in [0.2, 0.25) is 0 Å². The summed E-state index contributed by atoms with van der Waals surface area (Å²) >= 11 is 3.46. The van der Waals surface area contributed by atoms with Gasteiger partial charge >= 0.3 is 0 Å². The lowest BCUT2D eigenvalue weighted by Crippen LogP contribution is -2.31. The molecule has 1 heterocycles. The minimum Gasteiger partial charge on any atom is -0.371 e. The fraction of sp³-hybridized carbons (Fsp3) is 0.500. The van der Waals surface area contributed by atoms with Gasteiger partial charge in [-0.15, -0.1) is 0 Å². The molecule has 0 spiro atoms. The van der Waals surface area contributed by atoms with Crippen LogP contribution in [-0.4, -0.2) is 31.8 Å². The molecule has 0 aliphatic carbocycles. The van der Waals surface area contributed by atoms with E-state index in [0.717, 1.165) is 23.9 Å². The number of nitrogens with zero attached hydrogens (tertiary/aromatic N) is 1. The third-order valence-corrected chi connectivity index (χ3v) is 4.38. The Morgan fingerprint density at radius 2 is 2.17 bits per heavy atom. The zero-order valence-electron chi connectivity index (χ0n) is 9.97. The molecule has 100 valence electrons. The molecular formula is C12H16BrNO3S. The first kappa shape index (κ1) is 13.8. The van der Waals surface area contributed by atoms with Gasteiger partial charge in [0.1, 0.15) is 0 Å². The summed E-state index contributed by atoms with van der Waals surface area (Å²) in [5.41, 5.74) is 2.47. The van der Waals surface area contributed by atoms with E-state index in [1.54, 1.807) is 0 Å². The quantitative estimate of drug-likeness (QED) is 0.860. The number of rotatable bonds is 4. The average Bonchev–Trinajstić information content (AvgIpc) is 2.27. The van der Waals surface area contributed by atoms with Gasteiger partial charge in [0.2, 0.25) is 0 Å². The molecular weight excluding hydrogens is 318 g/mol. The summed E-state index contributed by atoms with van der Waals surface area (Å²) in [6, 6.07) is 6.18. The number of hydrogen-bond donors (Lipinski definition) is 1. The number of hydrogen-bond acceptors (Lipinski definition) is 3. The lowest BCUT2D eigenvalue weighted by Gasteiger charge is -2.31. The Morgan fingerprint density at radius 3 is 2.89 bits per heavy atom. The molecule has 1 aliphatic heterocycles. The standard InChI is InChI=1S/C12H16BrNO3S/c13-11-4-5-12-10(9-11)3-1-6-14(12)7-2-8-18(15,16)17/h4-5,9H,1-3,6-8H2,(H,15,16,17). The number of aryl methyl sites for hydroxylation is 1. The predicted octanol–water partition coefficient (Wildman–Crippen LogP) is 2.48. The van der Waals surface area contributed by atoms with Crippen LogP contribution in [0, 0.1) is 0 Å². The Balaban J connectivity index is 2.04. The second-order valence-corrected chi connectivity index (χ2v) is 6.99. The van der Waals surface area contributed by atoms with E-state index in [4.69, 9.17) is 4.55 Å². The summed E-state index contributed by atoms with van der Waals surface area (Å²) in [6.07, 6.45) is 2.59. The molecule has 6 heteroatoms. The van der Waals surface area contributed by atoms with Gasteiger partial charge in [0.25, 0.3) is 10.1 Å². The summed E-state index contributed by atoms with van der Waals surface area (Å²) in [4.78, 5) is 2.19. The summed E-state index contributed by atoms with van der Waals surface area (Å²) in [5, 5.41) is 0. The van der Waals surface area contributed by atoms with Crippen LogP contribution in [-0.2, 0) is 16.5 Å². The van der Waals surface area contributed by atoms with E-state index >= 15 is 0 Å². The molecule has 18 heavy (non-hydrogen) atoms. The first-order valence-corrected chi connectivity index (χ1v) is 8.34. The van der Waals surface area contributed by atoms with Crippen molar-refractivity contribution in [2.24, 2.45) is 0 Å². The lowest BCUT2D eigenvalue weighted by atomic mass is 10.0. The Labute approximate surface area is 116 Å². The highest BCUT2D eigenvalue weighted by molar-refractivity contribution is 9.10. The van der Waals surface area contributed by atoms with Crippen LogP contribution in [0.3, 0.4) is 0 Å². The van der Waals surface area contributed by atoms with Gasteiger partial charge in [0.15, 0.2) is 0 Å². The van der Waals surface area contributed by atoms with E-state index < -0.39 is 10.1 Å². The molecule has 0 fully saturated rings. The van der Waals surface area contributed by atoms with Gasteiger partial charge in [-0.25, -0.2) is 0 Å². The van der Waals surface area contributed by atoms with Gasteiger partial charge in [-0.05, 0) is 43.0 Å². The highest BCUT2D eigenvalue weighted by atomic mass is 79.9. The van der Waals surface area contributed by atoms with Gasteiger partial charge < -0.3 is 4.90 Å². The number of halogens is 1. The van der Waals surface area contributed by atoms with Crippen LogP contribution in [0.25, 0.3) is 0 Å². The van der Waals surface area contributed by atoms with Crippen molar-refractivity contribution in [1.82, 2.24) is 0 Å². The normalized spacial score (nSPS) is 15.6. The van der Waals surface area contributed by atoms with Crippen molar-refractivity contribution in [3.05, 3.63) is 28.2 Å². The maximum absolute atomic E-state index is 10.7. The number of anilines is 1. The Kier molecular flexibility index (Phi) is 4.29. The van der Waals surface area contributed by atoms with Crippen LogP contribution < -0.4 is 4.90 Å². The highest BCUT2D eigenvalue weighted by Crippen LogP contribution is 2.29. The van der Waals surface area contributed by atoms with Crippen LogP contribution in [0.5, 0.6) is 0 Å². The third-order valence-electron chi connectivity index (χ3n) is 3.09. The third kappa shape index (κ3) is 3.70. The summed E-state index contributed by atoms with van der Waals surface area (Å²) in [6.45, 7) is 1.61. The van der Waals surface area contributed by atoms with Crippen LogP contribution in [0.4, 0.5) is 5.69 Å². The minimum absolute atomic E-state index is 0.171. The van der Waals surface area contributed by atoms with Crippen LogP contribution in [0.1, 0.15) is 18.4 Å². The SMILES string of the molecule is O=S(=O)(O)CCCN1CCCc2cc(Br)ccc21. The van der Waals surface area contributed by atoms with Gasteiger partial charge in [0, 0.05) is 23.2 Å². The summed E-state index contributed by atoms with van der Waals surface area (Å²) < 4.78 is 31.2. The smallest absolute Gasteiger partial charge is 0.264 e. The van der Waals surface area contributed by atoms with Crippen LogP contribution >= 0.6 is 15.9 Å². The Hall–Kier alpha value is -0.590. The van der Waals surface area contributed by atoms with Crippen molar-refractivity contribution < 1.29 is 13.0 Å². The number of fused-ring (bicyclic) bond motifs is 1. The van der Waals surface area contributed by atoms with Crippen molar-refractivity contribution >= 4 is 31.7 Å². The van der Waals surface area contributed by atoms with Crippen LogP contribution in [0.15, 0.2) is 22.7 Å². The second kappa shape index (κ2) is 5.59. The van der Waals surface area contributed by atoms with Gasteiger partial charge in [0.05, 0.1) is 5.75 Å². The van der Waals surface area contributed by atoms with E-state index in [1.165, 1.54) is 11.3 Å². The first-order valence-electron chi connectivity index (χ1n) is 5.94. The fourth-order valence-corrected chi connectivity index (χ4v) is 3.22. The van der Waals surface area contributed by atoms with E-state index in [-0.39, 0.29) is 5.75 Å². The van der Waals surface area contributed by atoms with Gasteiger partial charge in [-0.1, -0.05) is 15.9 Å². The molecule has 1 aromatic carbocycles. The van der Waals surface area contributed by atoms with E-state index in [9.17, 15) is 8.42 Å². The average molecular weight is 334 g/mol. The maximum Gasteiger partial charge on any atom is 0.264 e. The molecule has 1 aliphatic rings. The lowest BCUT2D eigenvalue weighted by molar-refractivity contribution is 0.480. The number of benzene rings is 1. The molecule has 0 amide bonds. The monoisotopic (exact) mass is 333 g/mol. The predicted molar refractivity (Wildman–Crippen MR) is 75.7 cm³/mol. The van der Waals surface area contributed by atoms with Gasteiger partial charge in [-0.3, -0.25) is 4.55 Å². The van der Waals surface area contributed by atoms with Crippen molar-refractivity contribution in [1.29, 1.82) is 0 Å². The topological polar surface area (TPSA) is 57.6 Å². The van der Waals surface area contributed by atoms with Crippen molar-refractivity contribution in [3.8, 4) is 0 Å². The molecule has 4 nitrogen and oxygen atoms in total. The second-order valence-electron chi connectivity index (χ2n) is 4.50. The van der Waals surface area contributed by atoms with E-state index in [2.05, 4.69) is 33.0 Å². The molecule has 0 saturated heterocycles. The highest BCUT2D eigenvalue weighted by Gasteiger charge is 2.17. The zero-order valence-corrected chi connectivity index (χ0v) is 12.4. The van der Waals surface area contributed by atoms with E-state index in [0.29, 0.717) is 13.0 Å². The zero-order chi connectivity index (χ0) is 13.2. The molecule has 0 radical (unpaired) electrons. The molecule has 0 atom stereocenters. The Morgan fingerprint density at radius 1 is 1.39 bits per heavy atom. The molecule has 1 aromatic rings. The maximum atomic E-state index is 10.7. The Bertz CT molecular complexity index is 530. The summed E-state index contributed by atoms with van der Waals surface area (Å²) in [7, 11) is -3.84. The molecule has 0 aromatic heterocycles. The fourth-order valence-electron chi connectivity index (χ4n) is 2.31. The molecule has 2 rings (SSSR count). The van der Waals surface area contributed by atoms with E-state index in [1.807, 2.05) is 6.07 Å². The van der Waals surface area contributed by atoms with Gasteiger partial charge in [-0.2, -0.15) is 8.42 Å². The summed E-state index contributed by atoms with van der Waals surface area (Å²) in [5.74, 6) is -0.171. The van der Waals surface area contributed by atoms with Crippen molar-refractivity contribution in [3.63, 3.8) is 0 Å². The van der Waals surface area contributed by atoms with Crippen molar-refractivity contribution in [2.75, 3.05) is 23.7 Å². The molecule has 0 unspecified atom stereocenters. The van der Waals surface area contributed by atoms with Crippen molar-refractivity contribution in [2.45, 2.75) is 19.3 Å².